The summed E-state index contributed by atoms with van der Waals surface area (Å²) in [5.41, 5.74) is 5.19. The summed E-state index contributed by atoms with van der Waals surface area (Å²) in [5, 5.41) is 7.36. The number of nitrogens with one attached hydrogen (secondary N) is 2. The molecular weight excluding hydrogens is 304 g/mol. The molecular formula is C23H30N2. The Bertz CT molecular complexity index is 630. The fourth-order valence-corrected chi connectivity index (χ4v) is 4.96. The Balaban J connectivity index is 1.30. The minimum absolute atomic E-state index is 0.838. The van der Waals surface area contributed by atoms with Crippen molar-refractivity contribution in [3.63, 3.8) is 0 Å². The summed E-state index contributed by atoms with van der Waals surface area (Å²) < 4.78 is 0. The van der Waals surface area contributed by atoms with Crippen LogP contribution in [0, 0.1) is 37.5 Å². The first-order valence-corrected chi connectivity index (χ1v) is 9.78. The van der Waals surface area contributed by atoms with Gasteiger partial charge in [0.1, 0.15) is 0 Å². The van der Waals surface area contributed by atoms with Crippen LogP contribution >= 0.6 is 0 Å². The summed E-state index contributed by atoms with van der Waals surface area (Å²) in [7, 11) is 0. The molecule has 2 atom stereocenters. The molecule has 4 rings (SSSR count). The lowest BCUT2D eigenvalue weighted by molar-refractivity contribution is 0.258. The van der Waals surface area contributed by atoms with Crippen LogP contribution < -0.4 is 10.6 Å². The lowest BCUT2D eigenvalue weighted by atomic mass is 9.80. The van der Waals surface area contributed by atoms with Crippen molar-refractivity contribution in [2.24, 2.45) is 23.7 Å². The lowest BCUT2D eigenvalue weighted by Gasteiger charge is -2.30. The molecule has 0 amide bonds. The van der Waals surface area contributed by atoms with Crippen molar-refractivity contribution in [3.05, 3.63) is 59.7 Å². The highest BCUT2D eigenvalue weighted by atomic mass is 14.9. The molecule has 2 nitrogen and oxygen atoms in total. The highest BCUT2D eigenvalue weighted by Crippen LogP contribution is 2.51. The fourth-order valence-electron chi connectivity index (χ4n) is 4.96. The third kappa shape index (κ3) is 3.84. The van der Waals surface area contributed by atoms with Crippen LogP contribution in [0.25, 0.3) is 0 Å². The topological polar surface area (TPSA) is 24.1 Å². The number of anilines is 2. The molecule has 0 aliphatic heterocycles. The van der Waals surface area contributed by atoms with Crippen LogP contribution in [0.4, 0.5) is 11.4 Å². The monoisotopic (exact) mass is 334 g/mol. The van der Waals surface area contributed by atoms with Crippen LogP contribution in [0.15, 0.2) is 48.5 Å². The van der Waals surface area contributed by atoms with Gasteiger partial charge in [0.2, 0.25) is 0 Å². The largest absolute Gasteiger partial charge is 0.385 e. The summed E-state index contributed by atoms with van der Waals surface area (Å²) in [6.07, 6.45) is 4.29. The normalized spacial score (nSPS) is 27.4. The second-order valence-electron chi connectivity index (χ2n) is 8.25. The first-order chi connectivity index (χ1) is 12.2. The van der Waals surface area contributed by atoms with E-state index in [0.717, 1.165) is 36.8 Å². The van der Waals surface area contributed by atoms with Gasteiger partial charge in [-0.1, -0.05) is 35.4 Å². The van der Waals surface area contributed by atoms with Crippen molar-refractivity contribution < 1.29 is 0 Å². The smallest absolute Gasteiger partial charge is 0.0340 e. The van der Waals surface area contributed by atoms with Gasteiger partial charge in [-0.15, -0.1) is 0 Å². The molecule has 2 N–H and O–H groups in total. The van der Waals surface area contributed by atoms with Gasteiger partial charge < -0.3 is 10.6 Å². The Hall–Kier alpha value is -1.96. The summed E-state index contributed by atoms with van der Waals surface area (Å²) in [6, 6.07) is 17.6. The molecule has 2 aliphatic rings. The van der Waals surface area contributed by atoms with Crippen molar-refractivity contribution in [2.45, 2.75) is 33.1 Å². The van der Waals surface area contributed by atoms with E-state index < -0.39 is 0 Å². The Morgan fingerprint density at radius 2 is 1.12 bits per heavy atom. The third-order valence-corrected chi connectivity index (χ3v) is 6.33. The highest BCUT2D eigenvalue weighted by Gasteiger charge is 2.45. The van der Waals surface area contributed by atoms with Crippen LogP contribution in [0.5, 0.6) is 0 Å². The molecule has 25 heavy (non-hydrogen) atoms. The number of benzene rings is 2. The maximum absolute atomic E-state index is 3.68. The van der Waals surface area contributed by atoms with E-state index >= 15 is 0 Å². The molecule has 2 aromatic rings. The molecule has 0 saturated heterocycles. The Morgan fingerprint density at radius 3 is 1.52 bits per heavy atom. The number of aryl methyl sites for hydroxylation is 2. The van der Waals surface area contributed by atoms with E-state index in [4.69, 9.17) is 0 Å². The van der Waals surface area contributed by atoms with Gasteiger partial charge in [0.05, 0.1) is 0 Å². The fraction of sp³-hybridized carbons (Fsp3) is 0.478. The second kappa shape index (κ2) is 7.11. The van der Waals surface area contributed by atoms with Gasteiger partial charge in [-0.2, -0.15) is 0 Å². The van der Waals surface area contributed by atoms with E-state index in [9.17, 15) is 0 Å². The zero-order valence-corrected chi connectivity index (χ0v) is 15.5. The van der Waals surface area contributed by atoms with Gasteiger partial charge in [0.25, 0.3) is 0 Å². The molecule has 2 saturated carbocycles. The predicted octanol–water partition coefficient (Wildman–Crippen LogP) is 5.49. The van der Waals surface area contributed by atoms with Gasteiger partial charge in [-0.3, -0.25) is 0 Å². The maximum Gasteiger partial charge on any atom is 0.0340 e. The number of fused-ring (bicyclic) bond motifs is 2. The minimum Gasteiger partial charge on any atom is -0.385 e. The molecule has 2 fully saturated rings. The Kier molecular flexibility index (Phi) is 4.70. The Labute approximate surface area is 152 Å². The van der Waals surface area contributed by atoms with Crippen LogP contribution in [-0.4, -0.2) is 13.1 Å². The quantitative estimate of drug-likeness (QED) is 0.730. The van der Waals surface area contributed by atoms with Crippen LogP contribution in [0.3, 0.4) is 0 Å². The molecule has 132 valence electrons. The number of hydrogen-bond acceptors (Lipinski definition) is 2. The molecule has 2 aromatic carbocycles. The standard InChI is InChI=1S/C23H30N2/c1-16-3-7-21(8-4-16)24-14-19-11-18-12-20(23(19)13-18)15-25-22-9-5-17(2)6-10-22/h3-10,18-20,23-25H,11-15H2,1-2H3. The SMILES string of the molecule is Cc1ccc(NCC2CC3CC(CNc4ccc(C)cc4)C2C3)cc1. The highest BCUT2D eigenvalue weighted by molar-refractivity contribution is 5.45. The number of hydrogen-bond donors (Lipinski definition) is 2. The second-order valence-corrected chi connectivity index (χ2v) is 8.25. The van der Waals surface area contributed by atoms with Crippen molar-refractivity contribution in [1.82, 2.24) is 0 Å². The van der Waals surface area contributed by atoms with Gasteiger partial charge in [-0.25, -0.2) is 0 Å². The summed E-state index contributed by atoms with van der Waals surface area (Å²) in [6.45, 7) is 6.55. The molecule has 2 heteroatoms. The molecule has 2 unspecified atom stereocenters. The molecule has 2 bridgehead atoms. The molecule has 0 spiro atoms. The first kappa shape index (κ1) is 16.5. The summed E-state index contributed by atoms with van der Waals surface area (Å²) >= 11 is 0. The third-order valence-electron chi connectivity index (χ3n) is 6.33. The van der Waals surface area contributed by atoms with Crippen molar-refractivity contribution in [3.8, 4) is 0 Å². The summed E-state index contributed by atoms with van der Waals surface area (Å²) in [5.74, 6) is 3.52. The summed E-state index contributed by atoms with van der Waals surface area (Å²) in [4.78, 5) is 0. The molecule has 0 aromatic heterocycles. The van der Waals surface area contributed by atoms with E-state index in [1.54, 1.807) is 0 Å². The van der Waals surface area contributed by atoms with E-state index in [2.05, 4.69) is 73.0 Å². The van der Waals surface area contributed by atoms with Crippen LogP contribution in [0.1, 0.15) is 30.4 Å². The van der Waals surface area contributed by atoms with Crippen molar-refractivity contribution in [1.29, 1.82) is 0 Å². The zero-order valence-electron chi connectivity index (χ0n) is 15.5. The Morgan fingerprint density at radius 1 is 0.680 bits per heavy atom. The van der Waals surface area contributed by atoms with Gasteiger partial charge in [-0.05, 0) is 81.0 Å². The van der Waals surface area contributed by atoms with Gasteiger partial charge in [0.15, 0.2) is 0 Å². The first-order valence-electron chi connectivity index (χ1n) is 9.78. The molecule has 0 heterocycles. The zero-order chi connectivity index (χ0) is 17.2. The molecule has 2 aliphatic carbocycles. The van der Waals surface area contributed by atoms with Crippen molar-refractivity contribution in [2.75, 3.05) is 23.7 Å². The van der Waals surface area contributed by atoms with E-state index in [1.165, 1.54) is 41.8 Å². The van der Waals surface area contributed by atoms with E-state index in [1.807, 2.05) is 0 Å². The van der Waals surface area contributed by atoms with Crippen LogP contribution in [-0.2, 0) is 0 Å². The average Bonchev–Trinajstić information content (AvgIpc) is 3.21. The van der Waals surface area contributed by atoms with Crippen LogP contribution in [0.2, 0.25) is 0 Å². The van der Waals surface area contributed by atoms with Gasteiger partial charge in [0, 0.05) is 24.5 Å². The lowest BCUT2D eigenvalue weighted by Crippen LogP contribution is -2.30. The molecule has 0 radical (unpaired) electrons. The van der Waals surface area contributed by atoms with E-state index in [-0.39, 0.29) is 0 Å². The predicted molar refractivity (Wildman–Crippen MR) is 107 cm³/mol. The van der Waals surface area contributed by atoms with E-state index in [0.29, 0.717) is 0 Å². The van der Waals surface area contributed by atoms with Crippen molar-refractivity contribution >= 4 is 11.4 Å². The average molecular weight is 335 g/mol. The minimum atomic E-state index is 0.838. The number of rotatable bonds is 6. The maximum atomic E-state index is 3.68. The van der Waals surface area contributed by atoms with Gasteiger partial charge >= 0.3 is 0 Å².